The maximum Gasteiger partial charge on any atom is 0.331 e. The van der Waals surface area contributed by atoms with Crippen LogP contribution in [0.2, 0.25) is 5.02 Å². The number of hydrogen-bond donors (Lipinski definition) is 1. The zero-order valence-electron chi connectivity index (χ0n) is 12.7. The van der Waals surface area contributed by atoms with E-state index in [2.05, 4.69) is 17.3 Å². The summed E-state index contributed by atoms with van der Waals surface area (Å²) >= 11 is 6.23. The lowest BCUT2D eigenvalue weighted by molar-refractivity contribution is -0.149. The summed E-state index contributed by atoms with van der Waals surface area (Å²) in [5.41, 5.74) is 0.1000. The van der Waals surface area contributed by atoms with Gasteiger partial charge in [-0.05, 0) is 51.9 Å². The average molecular weight is 311 g/mol. The number of hydrogen-bond acceptors (Lipinski definition) is 4. The zero-order valence-corrected chi connectivity index (χ0v) is 13.4. The van der Waals surface area contributed by atoms with E-state index >= 15 is 0 Å². The lowest BCUT2D eigenvalue weighted by atomic mass is 9.90. The molecule has 5 heteroatoms. The van der Waals surface area contributed by atoms with E-state index in [1.807, 2.05) is 31.2 Å². The summed E-state index contributed by atoms with van der Waals surface area (Å²) in [7, 11) is 2.08. The SMILES string of the molecule is CCOC(=O)C1(Nc2ccccc2Cl)CCCN(C)CC1. The van der Waals surface area contributed by atoms with Crippen LogP contribution in [0, 0.1) is 0 Å². The summed E-state index contributed by atoms with van der Waals surface area (Å²) in [4.78, 5) is 14.8. The Labute approximate surface area is 131 Å². The minimum Gasteiger partial charge on any atom is -0.464 e. The number of nitrogens with zero attached hydrogens (tertiary/aromatic N) is 1. The molecule has 1 saturated heterocycles. The Morgan fingerprint density at radius 2 is 2.14 bits per heavy atom. The van der Waals surface area contributed by atoms with Gasteiger partial charge in [-0.15, -0.1) is 0 Å². The molecule has 0 saturated carbocycles. The minimum atomic E-state index is -0.689. The van der Waals surface area contributed by atoms with Gasteiger partial charge in [0.2, 0.25) is 0 Å². The van der Waals surface area contributed by atoms with E-state index in [0.717, 1.165) is 31.6 Å². The second-order valence-electron chi connectivity index (χ2n) is 5.56. The molecule has 0 spiro atoms. The van der Waals surface area contributed by atoms with Crippen molar-refractivity contribution in [2.24, 2.45) is 0 Å². The first-order valence-corrected chi connectivity index (χ1v) is 7.84. The van der Waals surface area contributed by atoms with E-state index in [1.54, 1.807) is 0 Å². The highest BCUT2D eigenvalue weighted by Crippen LogP contribution is 2.31. The number of para-hydroxylation sites is 1. The molecular formula is C16H23ClN2O2. The highest BCUT2D eigenvalue weighted by molar-refractivity contribution is 6.33. The molecule has 0 radical (unpaired) electrons. The number of esters is 1. The van der Waals surface area contributed by atoms with E-state index in [0.29, 0.717) is 18.1 Å². The Kier molecular flexibility index (Phi) is 5.48. The van der Waals surface area contributed by atoms with Gasteiger partial charge in [-0.2, -0.15) is 0 Å². The lowest BCUT2D eigenvalue weighted by Crippen LogP contribution is -2.48. The molecule has 1 aromatic rings. The molecule has 0 aromatic heterocycles. The monoisotopic (exact) mass is 310 g/mol. The van der Waals surface area contributed by atoms with Crippen LogP contribution < -0.4 is 5.32 Å². The normalized spacial score (nSPS) is 23.4. The average Bonchev–Trinajstić information content (AvgIpc) is 2.65. The molecule has 4 nitrogen and oxygen atoms in total. The summed E-state index contributed by atoms with van der Waals surface area (Å²) in [6, 6.07) is 7.52. The van der Waals surface area contributed by atoms with E-state index in [4.69, 9.17) is 16.3 Å². The number of likely N-dealkylation sites (tertiary alicyclic amines) is 1. The number of halogens is 1. The van der Waals surface area contributed by atoms with Crippen molar-refractivity contribution in [3.05, 3.63) is 29.3 Å². The maximum atomic E-state index is 12.5. The van der Waals surface area contributed by atoms with Gasteiger partial charge in [0.25, 0.3) is 0 Å². The van der Waals surface area contributed by atoms with Crippen LogP contribution in [0.5, 0.6) is 0 Å². The first kappa shape index (κ1) is 16.1. The highest BCUT2D eigenvalue weighted by atomic mass is 35.5. The van der Waals surface area contributed by atoms with Crippen LogP contribution in [0.15, 0.2) is 24.3 Å². The molecule has 0 aliphatic carbocycles. The van der Waals surface area contributed by atoms with E-state index < -0.39 is 5.54 Å². The molecular weight excluding hydrogens is 288 g/mol. The second kappa shape index (κ2) is 7.14. The Bertz CT molecular complexity index is 495. The molecule has 1 aliphatic rings. The zero-order chi connectivity index (χ0) is 15.3. The number of carbonyl (C=O) groups is 1. The van der Waals surface area contributed by atoms with E-state index in [1.165, 1.54) is 0 Å². The van der Waals surface area contributed by atoms with Crippen LogP contribution in [0.3, 0.4) is 0 Å². The van der Waals surface area contributed by atoms with Gasteiger partial charge in [0, 0.05) is 6.54 Å². The number of anilines is 1. The van der Waals surface area contributed by atoms with Crippen molar-refractivity contribution in [1.82, 2.24) is 4.90 Å². The van der Waals surface area contributed by atoms with Gasteiger partial charge in [-0.1, -0.05) is 23.7 Å². The van der Waals surface area contributed by atoms with Crippen LogP contribution in [0.4, 0.5) is 5.69 Å². The topological polar surface area (TPSA) is 41.6 Å². The third-order valence-electron chi connectivity index (χ3n) is 3.98. The third-order valence-corrected chi connectivity index (χ3v) is 4.31. The molecule has 0 amide bonds. The molecule has 1 aromatic carbocycles. The fourth-order valence-electron chi connectivity index (χ4n) is 2.74. The van der Waals surface area contributed by atoms with Gasteiger partial charge >= 0.3 is 5.97 Å². The number of ether oxygens (including phenoxy) is 1. The summed E-state index contributed by atoms with van der Waals surface area (Å²) in [6.45, 7) is 4.08. The molecule has 1 aliphatic heterocycles. The standard InChI is InChI=1S/C16H23ClN2O2/c1-3-21-15(20)16(9-6-11-19(2)12-10-16)18-14-8-5-4-7-13(14)17/h4-5,7-8,18H,3,6,9-12H2,1-2H3. The fraction of sp³-hybridized carbons (Fsp3) is 0.562. The molecule has 0 bridgehead atoms. The molecule has 1 fully saturated rings. The Hall–Kier alpha value is -1.26. The Morgan fingerprint density at radius 1 is 1.38 bits per heavy atom. The van der Waals surface area contributed by atoms with Gasteiger partial charge in [0.1, 0.15) is 5.54 Å². The van der Waals surface area contributed by atoms with Crippen molar-refractivity contribution in [3.8, 4) is 0 Å². The molecule has 1 heterocycles. The minimum absolute atomic E-state index is 0.180. The Balaban J connectivity index is 2.27. The van der Waals surface area contributed by atoms with Crippen molar-refractivity contribution in [1.29, 1.82) is 0 Å². The predicted octanol–water partition coefficient (Wildman–Crippen LogP) is 3.17. The van der Waals surface area contributed by atoms with Crippen molar-refractivity contribution in [3.63, 3.8) is 0 Å². The number of nitrogens with one attached hydrogen (secondary N) is 1. The molecule has 1 N–H and O–H groups in total. The predicted molar refractivity (Wildman–Crippen MR) is 85.8 cm³/mol. The van der Waals surface area contributed by atoms with E-state index in [9.17, 15) is 4.79 Å². The summed E-state index contributed by atoms with van der Waals surface area (Å²) < 4.78 is 5.32. The van der Waals surface area contributed by atoms with Crippen molar-refractivity contribution in [2.75, 3.05) is 32.1 Å². The molecule has 116 valence electrons. The highest BCUT2D eigenvalue weighted by Gasteiger charge is 2.41. The molecule has 21 heavy (non-hydrogen) atoms. The van der Waals surface area contributed by atoms with Gasteiger partial charge in [-0.25, -0.2) is 4.79 Å². The quantitative estimate of drug-likeness (QED) is 0.867. The van der Waals surface area contributed by atoms with Gasteiger partial charge in [0.15, 0.2) is 0 Å². The number of carbonyl (C=O) groups excluding carboxylic acids is 1. The van der Waals surface area contributed by atoms with Gasteiger partial charge < -0.3 is 15.0 Å². The first-order valence-electron chi connectivity index (χ1n) is 7.46. The summed E-state index contributed by atoms with van der Waals surface area (Å²) in [5, 5.41) is 4.00. The lowest BCUT2D eigenvalue weighted by Gasteiger charge is -2.32. The third kappa shape index (κ3) is 3.89. The van der Waals surface area contributed by atoms with Crippen molar-refractivity contribution < 1.29 is 9.53 Å². The molecule has 1 unspecified atom stereocenters. The largest absolute Gasteiger partial charge is 0.464 e. The van der Waals surface area contributed by atoms with Gasteiger partial charge in [0.05, 0.1) is 17.3 Å². The smallest absolute Gasteiger partial charge is 0.331 e. The van der Waals surface area contributed by atoms with Crippen LogP contribution in [0.1, 0.15) is 26.2 Å². The Morgan fingerprint density at radius 3 is 2.86 bits per heavy atom. The fourth-order valence-corrected chi connectivity index (χ4v) is 2.92. The second-order valence-corrected chi connectivity index (χ2v) is 5.97. The van der Waals surface area contributed by atoms with E-state index in [-0.39, 0.29) is 5.97 Å². The van der Waals surface area contributed by atoms with Crippen LogP contribution in [-0.2, 0) is 9.53 Å². The summed E-state index contributed by atoms with van der Waals surface area (Å²) in [5.74, 6) is -0.180. The first-order chi connectivity index (χ1) is 10.1. The molecule has 1 atom stereocenters. The van der Waals surface area contributed by atoms with Crippen LogP contribution >= 0.6 is 11.6 Å². The van der Waals surface area contributed by atoms with Gasteiger partial charge in [-0.3, -0.25) is 0 Å². The maximum absolute atomic E-state index is 12.5. The van der Waals surface area contributed by atoms with Crippen molar-refractivity contribution >= 4 is 23.3 Å². The van der Waals surface area contributed by atoms with Crippen molar-refractivity contribution in [2.45, 2.75) is 31.7 Å². The van der Waals surface area contributed by atoms with Crippen LogP contribution in [0.25, 0.3) is 0 Å². The number of benzene rings is 1. The summed E-state index contributed by atoms with van der Waals surface area (Å²) in [6.07, 6.45) is 2.42. The van der Waals surface area contributed by atoms with Crippen LogP contribution in [-0.4, -0.2) is 43.2 Å². The number of rotatable bonds is 4. The molecule has 2 rings (SSSR count).